The maximum absolute atomic E-state index is 12.5. The molecular formula is C16H25N3O4S. The van der Waals surface area contributed by atoms with Gasteiger partial charge in [0.15, 0.2) is 0 Å². The first-order valence-electron chi connectivity index (χ1n) is 8.02. The molecule has 0 aliphatic carbocycles. The van der Waals surface area contributed by atoms with Crippen LogP contribution in [0.15, 0.2) is 35.2 Å². The molecule has 1 saturated heterocycles. The number of hydrogen-bond acceptors (Lipinski definition) is 5. The third-order valence-electron chi connectivity index (χ3n) is 4.20. The minimum Gasteiger partial charge on any atom is -0.383 e. The Morgan fingerprint density at radius 3 is 2.54 bits per heavy atom. The van der Waals surface area contributed by atoms with Crippen LogP contribution in [0.5, 0.6) is 0 Å². The molecule has 24 heavy (non-hydrogen) atoms. The van der Waals surface area contributed by atoms with Gasteiger partial charge < -0.3 is 15.8 Å². The summed E-state index contributed by atoms with van der Waals surface area (Å²) in [5, 5.41) is 2.81. The number of benzene rings is 1. The van der Waals surface area contributed by atoms with Crippen molar-refractivity contribution >= 4 is 15.9 Å². The molecule has 0 aromatic heterocycles. The number of nitrogens with zero attached hydrogens (tertiary/aromatic N) is 1. The van der Waals surface area contributed by atoms with Gasteiger partial charge in [0.25, 0.3) is 0 Å². The van der Waals surface area contributed by atoms with Crippen LogP contribution >= 0.6 is 0 Å². The highest BCUT2D eigenvalue weighted by Gasteiger charge is 2.29. The van der Waals surface area contributed by atoms with Crippen LogP contribution in [0.1, 0.15) is 12.8 Å². The zero-order valence-electron chi connectivity index (χ0n) is 13.8. The molecule has 1 aromatic carbocycles. The van der Waals surface area contributed by atoms with Gasteiger partial charge in [0.2, 0.25) is 15.9 Å². The highest BCUT2D eigenvalue weighted by atomic mass is 32.2. The maximum Gasteiger partial charge on any atom is 0.243 e. The first kappa shape index (κ1) is 18.9. The number of hydrogen-bond donors (Lipinski definition) is 2. The second-order valence-electron chi connectivity index (χ2n) is 5.97. The number of methoxy groups -OCH3 is 1. The number of ether oxygens (including phenoxy) is 1. The normalized spacial score (nSPS) is 18.2. The Balaban J connectivity index is 1.82. The Hall–Kier alpha value is -1.48. The summed E-state index contributed by atoms with van der Waals surface area (Å²) >= 11 is 0. The van der Waals surface area contributed by atoms with Gasteiger partial charge in [0, 0.05) is 26.7 Å². The summed E-state index contributed by atoms with van der Waals surface area (Å²) in [7, 11) is -1.93. The number of sulfonamides is 1. The molecule has 1 amide bonds. The van der Waals surface area contributed by atoms with Crippen LogP contribution in [0.2, 0.25) is 0 Å². The fourth-order valence-electron chi connectivity index (χ4n) is 2.73. The summed E-state index contributed by atoms with van der Waals surface area (Å²) in [6.45, 7) is 1.61. The van der Waals surface area contributed by atoms with Crippen LogP contribution in [0, 0.1) is 5.92 Å². The second kappa shape index (κ2) is 8.57. The Labute approximate surface area is 143 Å². The van der Waals surface area contributed by atoms with E-state index in [-0.39, 0.29) is 18.4 Å². The van der Waals surface area contributed by atoms with E-state index >= 15 is 0 Å². The highest BCUT2D eigenvalue weighted by Crippen LogP contribution is 2.23. The summed E-state index contributed by atoms with van der Waals surface area (Å²) in [4.78, 5) is 12.1. The van der Waals surface area contributed by atoms with Crippen LogP contribution in [0.25, 0.3) is 0 Å². The minimum absolute atomic E-state index is 0.180. The summed E-state index contributed by atoms with van der Waals surface area (Å²) in [5.74, 6) is 0.0158. The molecule has 0 bridgehead atoms. The van der Waals surface area contributed by atoms with E-state index in [1.165, 1.54) is 11.4 Å². The fourth-order valence-corrected chi connectivity index (χ4v) is 4.22. The summed E-state index contributed by atoms with van der Waals surface area (Å²) in [6.07, 6.45) is 1.43. The first-order valence-corrected chi connectivity index (χ1v) is 9.46. The predicted octanol–water partition coefficient (Wildman–Crippen LogP) is 0.177. The molecule has 1 heterocycles. The molecule has 1 aliphatic heterocycles. The van der Waals surface area contributed by atoms with Gasteiger partial charge in [0.1, 0.15) is 6.04 Å². The van der Waals surface area contributed by atoms with Crippen LogP contribution in [0.3, 0.4) is 0 Å². The van der Waals surface area contributed by atoms with Gasteiger partial charge in [-0.05, 0) is 30.9 Å². The Morgan fingerprint density at radius 2 is 1.96 bits per heavy atom. The first-order chi connectivity index (χ1) is 11.4. The van der Waals surface area contributed by atoms with E-state index in [1.807, 2.05) is 0 Å². The van der Waals surface area contributed by atoms with Crippen molar-refractivity contribution in [2.45, 2.75) is 23.8 Å². The van der Waals surface area contributed by atoms with Crippen molar-refractivity contribution in [3.8, 4) is 0 Å². The molecule has 0 radical (unpaired) electrons. The number of piperidine rings is 1. The van der Waals surface area contributed by atoms with Gasteiger partial charge in [-0.2, -0.15) is 4.31 Å². The molecular weight excluding hydrogens is 330 g/mol. The number of amides is 1. The second-order valence-corrected chi connectivity index (χ2v) is 7.91. The van der Waals surface area contributed by atoms with E-state index in [1.54, 1.807) is 30.3 Å². The average Bonchev–Trinajstić information content (AvgIpc) is 2.61. The molecule has 1 aliphatic rings. The maximum atomic E-state index is 12.5. The van der Waals surface area contributed by atoms with E-state index in [0.717, 1.165) is 0 Å². The molecule has 0 spiro atoms. The molecule has 1 fully saturated rings. The van der Waals surface area contributed by atoms with E-state index in [4.69, 9.17) is 10.5 Å². The van der Waals surface area contributed by atoms with Gasteiger partial charge in [0.05, 0.1) is 11.5 Å². The number of rotatable bonds is 7. The van der Waals surface area contributed by atoms with Crippen LogP contribution in [-0.2, 0) is 19.6 Å². The summed E-state index contributed by atoms with van der Waals surface area (Å²) in [5.41, 5.74) is 5.66. The van der Waals surface area contributed by atoms with E-state index in [2.05, 4.69) is 5.32 Å². The van der Waals surface area contributed by atoms with Crippen molar-refractivity contribution in [2.75, 3.05) is 33.4 Å². The molecule has 1 atom stereocenters. The molecule has 0 saturated carbocycles. The minimum atomic E-state index is -3.43. The third-order valence-corrected chi connectivity index (χ3v) is 6.12. The number of carbonyl (C=O) groups excluding carboxylic acids is 1. The van der Waals surface area contributed by atoms with Crippen molar-refractivity contribution in [1.82, 2.24) is 9.62 Å². The predicted molar refractivity (Wildman–Crippen MR) is 90.8 cm³/mol. The topological polar surface area (TPSA) is 102 Å². The molecule has 134 valence electrons. The Bertz CT molecular complexity index is 628. The van der Waals surface area contributed by atoms with Gasteiger partial charge in [-0.15, -0.1) is 0 Å². The van der Waals surface area contributed by atoms with Crippen molar-refractivity contribution in [3.63, 3.8) is 0 Å². The molecule has 3 N–H and O–H groups in total. The lowest BCUT2D eigenvalue weighted by atomic mass is 9.98. The van der Waals surface area contributed by atoms with Crippen LogP contribution < -0.4 is 11.1 Å². The van der Waals surface area contributed by atoms with Crippen molar-refractivity contribution in [2.24, 2.45) is 11.7 Å². The van der Waals surface area contributed by atoms with Gasteiger partial charge >= 0.3 is 0 Å². The molecule has 8 heteroatoms. The molecule has 2 rings (SSSR count). The van der Waals surface area contributed by atoms with Crippen molar-refractivity contribution < 1.29 is 17.9 Å². The Morgan fingerprint density at radius 1 is 1.33 bits per heavy atom. The van der Waals surface area contributed by atoms with Gasteiger partial charge in [-0.25, -0.2) is 8.42 Å². The largest absolute Gasteiger partial charge is 0.383 e. The van der Waals surface area contributed by atoms with Crippen molar-refractivity contribution in [1.29, 1.82) is 0 Å². The summed E-state index contributed by atoms with van der Waals surface area (Å²) < 4.78 is 31.5. The van der Waals surface area contributed by atoms with Gasteiger partial charge in [-0.1, -0.05) is 18.2 Å². The van der Waals surface area contributed by atoms with Crippen molar-refractivity contribution in [3.05, 3.63) is 30.3 Å². The number of nitrogens with one attached hydrogen (secondary N) is 1. The quantitative estimate of drug-likeness (QED) is 0.726. The molecule has 7 nitrogen and oxygen atoms in total. The lowest BCUT2D eigenvalue weighted by Gasteiger charge is -2.31. The monoisotopic (exact) mass is 355 g/mol. The standard InChI is InChI=1S/C16H25N3O4S/c1-23-12-15(17)16(20)18-11-13-7-9-19(10-8-13)24(21,22)14-5-3-2-4-6-14/h2-6,13,15H,7-12,17H2,1H3,(H,18,20). The van der Waals surface area contributed by atoms with Crippen LogP contribution in [0.4, 0.5) is 0 Å². The van der Waals surface area contributed by atoms with E-state index in [0.29, 0.717) is 37.4 Å². The Kier molecular flexibility index (Phi) is 6.73. The molecule has 1 aromatic rings. The smallest absolute Gasteiger partial charge is 0.243 e. The van der Waals surface area contributed by atoms with E-state index < -0.39 is 16.1 Å². The lowest BCUT2D eigenvalue weighted by molar-refractivity contribution is -0.123. The lowest BCUT2D eigenvalue weighted by Crippen LogP contribution is -2.46. The zero-order valence-corrected chi connectivity index (χ0v) is 14.7. The van der Waals surface area contributed by atoms with E-state index in [9.17, 15) is 13.2 Å². The third kappa shape index (κ3) is 4.76. The fraction of sp³-hybridized carbons (Fsp3) is 0.562. The highest BCUT2D eigenvalue weighted by molar-refractivity contribution is 7.89. The zero-order chi connectivity index (χ0) is 17.6. The summed E-state index contributed by atoms with van der Waals surface area (Å²) in [6, 6.07) is 7.78. The average molecular weight is 355 g/mol. The SMILES string of the molecule is COCC(N)C(=O)NCC1CCN(S(=O)(=O)c2ccccc2)CC1. The van der Waals surface area contributed by atoms with Gasteiger partial charge in [-0.3, -0.25) is 4.79 Å². The van der Waals surface area contributed by atoms with Crippen LogP contribution in [-0.4, -0.2) is 58.0 Å². The number of nitrogens with two attached hydrogens (primary N) is 1. The molecule has 1 unspecified atom stereocenters. The number of carbonyl (C=O) groups is 1.